The Morgan fingerprint density at radius 1 is 1.20 bits per heavy atom. The molecule has 2 atom stereocenters. The van der Waals surface area contributed by atoms with E-state index in [0.717, 1.165) is 12.8 Å². The van der Waals surface area contributed by atoms with Crippen molar-refractivity contribution in [3.63, 3.8) is 0 Å². The molecule has 1 aliphatic heterocycles. The monoisotopic (exact) mass is 351 g/mol. The molecule has 1 aliphatic carbocycles. The Kier molecular flexibility index (Phi) is 7.41. The maximum absolute atomic E-state index is 12.5. The number of amides is 2. The van der Waals surface area contributed by atoms with E-state index in [0.29, 0.717) is 37.6 Å². The van der Waals surface area contributed by atoms with E-state index in [1.807, 2.05) is 13.8 Å². The van der Waals surface area contributed by atoms with E-state index in [1.54, 1.807) is 4.90 Å². The van der Waals surface area contributed by atoms with Gasteiger partial charge in [0.1, 0.15) is 0 Å². The van der Waals surface area contributed by atoms with Crippen molar-refractivity contribution in [3.05, 3.63) is 0 Å². The maximum Gasteiger partial charge on any atom is 0.237 e. The van der Waals surface area contributed by atoms with Crippen molar-refractivity contribution in [2.24, 2.45) is 17.6 Å². The highest BCUT2D eigenvalue weighted by molar-refractivity contribution is 5.95. The van der Waals surface area contributed by atoms with Gasteiger partial charge in [-0.1, -0.05) is 33.1 Å². The predicted molar refractivity (Wildman–Crippen MR) is 96.8 cm³/mol. The third-order valence-electron chi connectivity index (χ3n) is 5.32. The van der Waals surface area contributed by atoms with Gasteiger partial charge in [0.2, 0.25) is 11.8 Å². The number of rotatable bonds is 6. The summed E-state index contributed by atoms with van der Waals surface area (Å²) in [6.45, 7) is 4.80. The Morgan fingerprint density at radius 2 is 1.88 bits per heavy atom. The average Bonchev–Trinajstić information content (AvgIpc) is 2.69. The van der Waals surface area contributed by atoms with Crippen molar-refractivity contribution >= 4 is 17.6 Å². The van der Waals surface area contributed by atoms with Crippen LogP contribution in [0.25, 0.3) is 0 Å². The first kappa shape index (κ1) is 19.9. The molecule has 2 aliphatic rings. The van der Waals surface area contributed by atoms with Crippen molar-refractivity contribution in [1.82, 2.24) is 10.2 Å². The van der Waals surface area contributed by atoms with Gasteiger partial charge in [0, 0.05) is 13.0 Å². The minimum atomic E-state index is -0.606. The smallest absolute Gasteiger partial charge is 0.237 e. The molecule has 2 fully saturated rings. The fourth-order valence-electron chi connectivity index (χ4n) is 3.87. The summed E-state index contributed by atoms with van der Waals surface area (Å²) in [6, 6.07) is -1.20. The van der Waals surface area contributed by atoms with Crippen LogP contribution in [0.5, 0.6) is 0 Å². The summed E-state index contributed by atoms with van der Waals surface area (Å²) in [6.07, 6.45) is 7.25. The normalized spacial score (nSPS) is 24.3. The van der Waals surface area contributed by atoms with E-state index in [4.69, 9.17) is 5.73 Å². The zero-order valence-corrected chi connectivity index (χ0v) is 15.6. The Hall–Kier alpha value is -1.43. The van der Waals surface area contributed by atoms with Crippen LogP contribution in [-0.4, -0.2) is 47.7 Å². The fourth-order valence-corrected chi connectivity index (χ4v) is 3.87. The minimum Gasteiger partial charge on any atom is -0.345 e. The highest BCUT2D eigenvalue weighted by atomic mass is 16.2. The topological polar surface area (TPSA) is 92.5 Å². The van der Waals surface area contributed by atoms with E-state index >= 15 is 0 Å². The fraction of sp³-hybridized carbons (Fsp3) is 0.842. The third-order valence-corrected chi connectivity index (χ3v) is 5.32. The van der Waals surface area contributed by atoms with E-state index in [2.05, 4.69) is 5.32 Å². The number of nitrogens with two attached hydrogens (primary N) is 1. The number of hydrogen-bond acceptors (Lipinski definition) is 4. The van der Waals surface area contributed by atoms with Crippen LogP contribution in [0.15, 0.2) is 0 Å². The molecule has 2 amide bonds. The molecule has 142 valence electrons. The highest BCUT2D eigenvalue weighted by Gasteiger charge is 2.32. The molecule has 0 radical (unpaired) electrons. The Labute approximate surface area is 150 Å². The number of nitrogens with zero attached hydrogens (tertiary/aromatic N) is 1. The standard InChI is InChI=1S/C19H33N3O3/c1-13(2)10-15(20)19(25)21-16-8-9-18(24)22(12-17(16)23)11-14-6-4-3-5-7-14/h13-16H,3-12,20H2,1-2H3,(H,21,25)/t15-,16-/m0/s1. The van der Waals surface area contributed by atoms with Crippen LogP contribution in [-0.2, 0) is 14.4 Å². The van der Waals surface area contributed by atoms with E-state index in [9.17, 15) is 14.4 Å². The van der Waals surface area contributed by atoms with Crippen LogP contribution < -0.4 is 11.1 Å². The van der Waals surface area contributed by atoms with Gasteiger partial charge in [-0.15, -0.1) is 0 Å². The van der Waals surface area contributed by atoms with Crippen molar-refractivity contribution < 1.29 is 14.4 Å². The SMILES string of the molecule is CC(C)C[C@H](N)C(=O)N[C@H]1CCC(=O)N(CC2CCCCC2)CC1=O. The van der Waals surface area contributed by atoms with Gasteiger partial charge in [-0.2, -0.15) is 0 Å². The molecule has 6 heteroatoms. The first-order valence-electron chi connectivity index (χ1n) is 9.73. The zero-order valence-electron chi connectivity index (χ0n) is 15.6. The molecule has 0 spiro atoms. The molecule has 0 aromatic carbocycles. The summed E-state index contributed by atoms with van der Waals surface area (Å²) in [4.78, 5) is 38.8. The first-order chi connectivity index (χ1) is 11.9. The number of nitrogens with one attached hydrogen (secondary N) is 1. The molecular formula is C19H33N3O3. The predicted octanol–water partition coefficient (Wildman–Crippen LogP) is 1.62. The minimum absolute atomic E-state index is 0.0298. The molecule has 3 N–H and O–H groups in total. The molecular weight excluding hydrogens is 318 g/mol. The van der Waals surface area contributed by atoms with Crippen LogP contribution in [0.3, 0.4) is 0 Å². The van der Waals surface area contributed by atoms with E-state index in [-0.39, 0.29) is 24.1 Å². The van der Waals surface area contributed by atoms with Crippen LogP contribution in [0.2, 0.25) is 0 Å². The molecule has 1 saturated carbocycles. The molecule has 25 heavy (non-hydrogen) atoms. The summed E-state index contributed by atoms with van der Waals surface area (Å²) in [5.41, 5.74) is 5.90. The number of Topliss-reactive ketones (excluding diaryl/α,β-unsaturated/α-hetero) is 1. The third kappa shape index (κ3) is 6.10. The lowest BCUT2D eigenvalue weighted by Crippen LogP contribution is -2.50. The summed E-state index contributed by atoms with van der Waals surface area (Å²) in [5.74, 6) is 0.489. The molecule has 0 bridgehead atoms. The number of likely N-dealkylation sites (tertiary alicyclic amines) is 1. The van der Waals surface area contributed by atoms with Crippen molar-refractivity contribution in [3.8, 4) is 0 Å². The molecule has 2 rings (SSSR count). The number of carbonyl (C=O) groups is 3. The Morgan fingerprint density at radius 3 is 2.52 bits per heavy atom. The lowest BCUT2D eigenvalue weighted by molar-refractivity contribution is -0.134. The number of hydrogen-bond donors (Lipinski definition) is 2. The average molecular weight is 351 g/mol. The lowest BCUT2D eigenvalue weighted by Gasteiger charge is -2.28. The van der Waals surface area contributed by atoms with Gasteiger partial charge in [-0.25, -0.2) is 0 Å². The summed E-state index contributed by atoms with van der Waals surface area (Å²) >= 11 is 0. The van der Waals surface area contributed by atoms with Crippen LogP contribution in [0.4, 0.5) is 0 Å². The van der Waals surface area contributed by atoms with Crippen molar-refractivity contribution in [2.75, 3.05) is 13.1 Å². The van der Waals surface area contributed by atoms with Gasteiger partial charge in [0.25, 0.3) is 0 Å². The summed E-state index contributed by atoms with van der Waals surface area (Å²) in [5, 5.41) is 2.77. The van der Waals surface area contributed by atoms with Gasteiger partial charge in [0.05, 0.1) is 18.6 Å². The van der Waals surface area contributed by atoms with Gasteiger partial charge < -0.3 is 16.0 Å². The van der Waals surface area contributed by atoms with Crippen molar-refractivity contribution in [2.45, 2.75) is 77.3 Å². The molecule has 0 aromatic rings. The maximum atomic E-state index is 12.5. The largest absolute Gasteiger partial charge is 0.345 e. The van der Waals surface area contributed by atoms with Crippen LogP contribution in [0.1, 0.15) is 65.2 Å². The second-order valence-electron chi connectivity index (χ2n) is 8.08. The quantitative estimate of drug-likeness (QED) is 0.760. The molecule has 0 unspecified atom stereocenters. The highest BCUT2D eigenvalue weighted by Crippen LogP contribution is 2.25. The summed E-state index contributed by atoms with van der Waals surface area (Å²) < 4.78 is 0. The van der Waals surface area contributed by atoms with Gasteiger partial charge in [-0.05, 0) is 37.5 Å². The van der Waals surface area contributed by atoms with E-state index < -0.39 is 12.1 Å². The van der Waals surface area contributed by atoms with Crippen LogP contribution >= 0.6 is 0 Å². The molecule has 1 heterocycles. The Balaban J connectivity index is 1.90. The van der Waals surface area contributed by atoms with Gasteiger partial charge >= 0.3 is 0 Å². The van der Waals surface area contributed by atoms with Crippen LogP contribution in [0, 0.1) is 11.8 Å². The number of ketones is 1. The second-order valence-corrected chi connectivity index (χ2v) is 8.08. The van der Waals surface area contributed by atoms with Gasteiger partial charge in [0.15, 0.2) is 5.78 Å². The first-order valence-corrected chi connectivity index (χ1v) is 9.73. The van der Waals surface area contributed by atoms with Gasteiger partial charge in [-0.3, -0.25) is 14.4 Å². The zero-order chi connectivity index (χ0) is 18.4. The second kappa shape index (κ2) is 9.32. The molecule has 0 aromatic heterocycles. The molecule has 1 saturated heterocycles. The Bertz CT molecular complexity index is 486. The number of carbonyl (C=O) groups excluding carboxylic acids is 3. The van der Waals surface area contributed by atoms with E-state index in [1.165, 1.54) is 19.3 Å². The lowest BCUT2D eigenvalue weighted by atomic mass is 9.89. The summed E-state index contributed by atoms with van der Waals surface area (Å²) in [7, 11) is 0. The molecule has 6 nitrogen and oxygen atoms in total. The van der Waals surface area contributed by atoms with Crippen molar-refractivity contribution in [1.29, 1.82) is 0 Å².